The van der Waals surface area contributed by atoms with Crippen LogP contribution >= 0.6 is 0 Å². The number of ether oxygens (including phenoxy) is 2. The Balaban J connectivity index is 2.20. The van der Waals surface area contributed by atoms with Crippen LogP contribution in [-0.4, -0.2) is 41.3 Å². The van der Waals surface area contributed by atoms with E-state index < -0.39 is 34.8 Å². The highest BCUT2D eigenvalue weighted by Crippen LogP contribution is 2.41. The highest BCUT2D eigenvalue weighted by Gasteiger charge is 2.37. The molecule has 1 aromatic carbocycles. The first-order valence-electron chi connectivity index (χ1n) is 9.31. The first-order valence-corrected chi connectivity index (χ1v) is 9.31. The number of hydrogen-bond donors (Lipinski definition) is 1. The van der Waals surface area contributed by atoms with Crippen molar-refractivity contribution in [2.24, 2.45) is 0 Å². The SMILES string of the molecule is Cc1nc(C)c(C(=O)OC[C@H]2CCCO2)c(-c2ccccc2C(F)(F)F)c1C(=O)O. The average molecular weight is 423 g/mol. The largest absolute Gasteiger partial charge is 0.478 e. The lowest BCUT2D eigenvalue weighted by atomic mass is 9.89. The predicted molar refractivity (Wildman–Crippen MR) is 100 cm³/mol. The summed E-state index contributed by atoms with van der Waals surface area (Å²) in [5.41, 5.74) is -2.50. The van der Waals surface area contributed by atoms with Crippen molar-refractivity contribution in [3.8, 4) is 11.1 Å². The molecule has 2 aromatic rings. The Morgan fingerprint density at radius 2 is 1.87 bits per heavy atom. The van der Waals surface area contributed by atoms with E-state index in [2.05, 4.69) is 4.98 Å². The molecule has 1 aromatic heterocycles. The van der Waals surface area contributed by atoms with Crippen LogP contribution in [-0.2, 0) is 15.7 Å². The van der Waals surface area contributed by atoms with Gasteiger partial charge in [-0.3, -0.25) is 4.98 Å². The van der Waals surface area contributed by atoms with Crippen molar-refractivity contribution >= 4 is 11.9 Å². The van der Waals surface area contributed by atoms with E-state index in [1.165, 1.54) is 26.0 Å². The summed E-state index contributed by atoms with van der Waals surface area (Å²) in [7, 11) is 0. The fourth-order valence-corrected chi connectivity index (χ4v) is 3.60. The van der Waals surface area contributed by atoms with E-state index >= 15 is 0 Å². The molecule has 1 aliphatic heterocycles. The van der Waals surface area contributed by atoms with E-state index in [1.54, 1.807) is 0 Å². The molecule has 9 heteroatoms. The number of halogens is 3. The lowest BCUT2D eigenvalue weighted by molar-refractivity contribution is -0.137. The maximum Gasteiger partial charge on any atom is 0.417 e. The lowest BCUT2D eigenvalue weighted by Crippen LogP contribution is -2.21. The van der Waals surface area contributed by atoms with Gasteiger partial charge in [-0.2, -0.15) is 13.2 Å². The Bertz CT molecular complexity index is 981. The second-order valence-corrected chi connectivity index (χ2v) is 6.99. The summed E-state index contributed by atoms with van der Waals surface area (Å²) in [5, 5.41) is 9.71. The second-order valence-electron chi connectivity index (χ2n) is 6.99. The number of rotatable bonds is 5. The fraction of sp³-hybridized carbons (Fsp3) is 0.381. The van der Waals surface area contributed by atoms with E-state index in [1.807, 2.05) is 0 Å². The maximum absolute atomic E-state index is 13.7. The van der Waals surface area contributed by atoms with Gasteiger partial charge in [-0.25, -0.2) is 9.59 Å². The van der Waals surface area contributed by atoms with Crippen LogP contribution in [0.25, 0.3) is 11.1 Å². The van der Waals surface area contributed by atoms with E-state index in [0.717, 1.165) is 18.6 Å². The molecule has 1 saturated heterocycles. The third-order valence-corrected chi connectivity index (χ3v) is 4.90. The smallest absolute Gasteiger partial charge is 0.417 e. The molecule has 1 aliphatic rings. The van der Waals surface area contributed by atoms with Gasteiger partial charge < -0.3 is 14.6 Å². The number of esters is 1. The van der Waals surface area contributed by atoms with Crippen LogP contribution in [0.4, 0.5) is 13.2 Å². The molecule has 0 radical (unpaired) electrons. The summed E-state index contributed by atoms with van der Waals surface area (Å²) in [5.74, 6) is -2.43. The zero-order valence-corrected chi connectivity index (χ0v) is 16.4. The molecule has 0 aliphatic carbocycles. The molecule has 160 valence electrons. The van der Waals surface area contributed by atoms with Crippen LogP contribution in [0.5, 0.6) is 0 Å². The summed E-state index contributed by atoms with van der Waals surface area (Å²) in [6.45, 7) is 3.27. The highest BCUT2D eigenvalue weighted by atomic mass is 19.4. The number of benzene rings is 1. The van der Waals surface area contributed by atoms with E-state index in [0.29, 0.717) is 13.0 Å². The number of aryl methyl sites for hydroxylation is 2. The van der Waals surface area contributed by atoms with Crippen LogP contribution in [0, 0.1) is 13.8 Å². The van der Waals surface area contributed by atoms with E-state index in [4.69, 9.17) is 9.47 Å². The van der Waals surface area contributed by atoms with E-state index in [9.17, 15) is 27.9 Å². The Morgan fingerprint density at radius 3 is 2.47 bits per heavy atom. The zero-order chi connectivity index (χ0) is 22.1. The van der Waals surface area contributed by atoms with Crippen LogP contribution < -0.4 is 0 Å². The van der Waals surface area contributed by atoms with Gasteiger partial charge in [0.05, 0.1) is 34.2 Å². The van der Waals surface area contributed by atoms with Gasteiger partial charge in [0.25, 0.3) is 0 Å². The number of aromatic carboxylic acids is 1. The minimum Gasteiger partial charge on any atom is -0.478 e. The molecule has 0 spiro atoms. The van der Waals surface area contributed by atoms with Gasteiger partial charge in [0.2, 0.25) is 0 Å². The summed E-state index contributed by atoms with van der Waals surface area (Å²) in [6.07, 6.45) is -3.53. The van der Waals surface area contributed by atoms with Crippen LogP contribution in [0.15, 0.2) is 24.3 Å². The number of aromatic nitrogens is 1. The molecule has 1 fully saturated rings. The molecular weight excluding hydrogens is 403 g/mol. The maximum atomic E-state index is 13.7. The number of pyridine rings is 1. The minimum atomic E-state index is -4.75. The van der Waals surface area contributed by atoms with Crippen LogP contribution in [0.3, 0.4) is 0 Å². The molecule has 6 nitrogen and oxygen atoms in total. The Morgan fingerprint density at radius 1 is 1.20 bits per heavy atom. The Labute approximate surface area is 170 Å². The average Bonchev–Trinajstić information content (AvgIpc) is 3.18. The second kappa shape index (κ2) is 8.43. The first kappa shape index (κ1) is 21.8. The molecule has 0 unspecified atom stereocenters. The van der Waals surface area contributed by atoms with Gasteiger partial charge in [0.1, 0.15) is 6.61 Å². The van der Waals surface area contributed by atoms with Crippen LogP contribution in [0.1, 0.15) is 50.5 Å². The molecule has 30 heavy (non-hydrogen) atoms. The quantitative estimate of drug-likeness (QED) is 0.717. The molecular formula is C21H20F3NO5. The summed E-state index contributed by atoms with van der Waals surface area (Å²) < 4.78 is 51.6. The molecule has 2 heterocycles. The normalized spacial score (nSPS) is 16.5. The molecule has 1 N–H and O–H groups in total. The van der Waals surface area contributed by atoms with E-state index in [-0.39, 0.29) is 35.2 Å². The lowest BCUT2D eigenvalue weighted by Gasteiger charge is -2.20. The highest BCUT2D eigenvalue weighted by molar-refractivity contribution is 6.07. The number of carboxylic acid groups (broad SMARTS) is 1. The summed E-state index contributed by atoms with van der Waals surface area (Å²) in [6, 6.07) is 4.53. The Kier molecular flexibility index (Phi) is 6.12. The number of alkyl halides is 3. The topological polar surface area (TPSA) is 85.7 Å². The van der Waals surface area contributed by atoms with Gasteiger partial charge in [-0.1, -0.05) is 18.2 Å². The number of nitrogens with zero attached hydrogens (tertiary/aromatic N) is 1. The van der Waals surface area contributed by atoms with Gasteiger partial charge in [0.15, 0.2) is 0 Å². The van der Waals surface area contributed by atoms with Gasteiger partial charge in [-0.05, 0) is 38.3 Å². The van der Waals surface area contributed by atoms with Crippen molar-refractivity contribution in [2.75, 3.05) is 13.2 Å². The number of hydrogen-bond acceptors (Lipinski definition) is 5. The van der Waals surface area contributed by atoms with Crippen molar-refractivity contribution < 1.29 is 37.3 Å². The number of carbonyl (C=O) groups is 2. The molecule has 1 atom stereocenters. The predicted octanol–water partition coefficient (Wildman–Crippen LogP) is 4.42. The van der Waals surface area contributed by atoms with Crippen molar-refractivity contribution in [1.82, 2.24) is 4.98 Å². The van der Waals surface area contributed by atoms with Gasteiger partial charge >= 0.3 is 18.1 Å². The fourth-order valence-electron chi connectivity index (χ4n) is 3.60. The molecule has 3 rings (SSSR count). The zero-order valence-electron chi connectivity index (χ0n) is 16.4. The number of carboxylic acids is 1. The standard InChI is InChI=1S/C21H20F3NO5/c1-11-16(19(26)27)18(14-7-3-4-8-15(14)21(22,23)24)17(12(2)25-11)20(28)30-10-13-6-5-9-29-13/h3-4,7-8,13H,5-6,9-10H2,1-2H3,(H,26,27)/t13-/m1/s1. The minimum absolute atomic E-state index is 0.00246. The number of carbonyl (C=O) groups excluding carboxylic acids is 1. The summed E-state index contributed by atoms with van der Waals surface area (Å²) in [4.78, 5) is 28.9. The molecule has 0 saturated carbocycles. The van der Waals surface area contributed by atoms with Gasteiger partial charge in [-0.15, -0.1) is 0 Å². The van der Waals surface area contributed by atoms with Crippen molar-refractivity contribution in [1.29, 1.82) is 0 Å². The van der Waals surface area contributed by atoms with Gasteiger partial charge in [0, 0.05) is 12.2 Å². The third kappa shape index (κ3) is 4.30. The third-order valence-electron chi connectivity index (χ3n) is 4.90. The van der Waals surface area contributed by atoms with Crippen LogP contribution in [0.2, 0.25) is 0 Å². The molecule has 0 bridgehead atoms. The Hall–Kier alpha value is -2.94. The van der Waals surface area contributed by atoms with Crippen molar-refractivity contribution in [2.45, 2.75) is 39.0 Å². The molecule has 0 amide bonds. The summed E-state index contributed by atoms with van der Waals surface area (Å²) >= 11 is 0. The monoisotopic (exact) mass is 423 g/mol. The van der Waals surface area contributed by atoms with Crippen molar-refractivity contribution in [3.63, 3.8) is 0 Å². The van der Waals surface area contributed by atoms with Crippen molar-refractivity contribution in [3.05, 3.63) is 52.3 Å². The first-order chi connectivity index (χ1) is 14.1.